The third-order valence-electron chi connectivity index (χ3n) is 3.28. The van der Waals surface area contributed by atoms with E-state index in [-0.39, 0.29) is 12.6 Å². The van der Waals surface area contributed by atoms with Crippen LogP contribution in [0, 0.1) is 0 Å². The number of esters is 1. The quantitative estimate of drug-likeness (QED) is 0.865. The number of nitrogens with zero attached hydrogens (tertiary/aromatic N) is 2. The molecule has 0 aliphatic rings. The van der Waals surface area contributed by atoms with Crippen LogP contribution < -0.4 is 0 Å². The van der Waals surface area contributed by atoms with Crippen LogP contribution in [0.3, 0.4) is 0 Å². The van der Waals surface area contributed by atoms with Crippen LogP contribution in [0.15, 0.2) is 36.7 Å². The van der Waals surface area contributed by atoms with Crippen molar-refractivity contribution in [2.24, 2.45) is 0 Å². The Morgan fingerprint density at radius 2 is 2.15 bits per heavy atom. The lowest BCUT2D eigenvalue weighted by atomic mass is 10.1. The van der Waals surface area contributed by atoms with Gasteiger partial charge in [0, 0.05) is 11.8 Å². The number of methoxy groups -OCH3 is 1. The molecule has 0 bridgehead atoms. The summed E-state index contributed by atoms with van der Waals surface area (Å²) in [6.45, 7) is 3.50. The topological polar surface area (TPSA) is 64.3 Å². The molecule has 0 radical (unpaired) electrons. The van der Waals surface area contributed by atoms with Gasteiger partial charge in [-0.25, -0.2) is 4.79 Å². The van der Waals surface area contributed by atoms with Crippen molar-refractivity contribution in [2.45, 2.75) is 26.0 Å². The highest BCUT2D eigenvalue weighted by molar-refractivity contribution is 5.78. The number of benzene rings is 1. The maximum absolute atomic E-state index is 11.8. The van der Waals surface area contributed by atoms with Gasteiger partial charge in [0.05, 0.1) is 19.9 Å². The minimum Gasteiger partial charge on any atom is -0.467 e. The average Bonchev–Trinajstić information content (AvgIpc) is 2.97. The third kappa shape index (κ3) is 2.58. The molecule has 0 aliphatic carbocycles. The Morgan fingerprint density at radius 1 is 1.40 bits per heavy atom. The molecule has 0 aliphatic heterocycles. The van der Waals surface area contributed by atoms with E-state index in [2.05, 4.69) is 5.10 Å². The number of carbonyl (C=O) groups is 1. The van der Waals surface area contributed by atoms with E-state index in [4.69, 9.17) is 9.84 Å². The molecule has 0 unspecified atom stereocenters. The molecule has 0 saturated carbocycles. The lowest BCUT2D eigenvalue weighted by Gasteiger charge is -2.21. The summed E-state index contributed by atoms with van der Waals surface area (Å²) >= 11 is 0. The first-order valence-corrected chi connectivity index (χ1v) is 6.32. The SMILES string of the molecule is COC(=O)C(C)(C)n1cc(-c2cccc(CO)c2)cn1. The molecule has 5 nitrogen and oxygen atoms in total. The summed E-state index contributed by atoms with van der Waals surface area (Å²) in [4.78, 5) is 11.8. The molecular formula is C15H18N2O3. The van der Waals surface area contributed by atoms with Crippen LogP contribution in [0.1, 0.15) is 19.4 Å². The molecular weight excluding hydrogens is 256 g/mol. The van der Waals surface area contributed by atoms with Gasteiger partial charge in [0.15, 0.2) is 5.54 Å². The van der Waals surface area contributed by atoms with E-state index in [9.17, 15) is 4.79 Å². The predicted octanol–water partition coefficient (Wildman–Crippen LogP) is 1.95. The van der Waals surface area contributed by atoms with Crippen molar-refractivity contribution in [2.75, 3.05) is 7.11 Å². The van der Waals surface area contributed by atoms with Gasteiger partial charge in [0.1, 0.15) is 0 Å². The summed E-state index contributed by atoms with van der Waals surface area (Å²) in [6.07, 6.45) is 3.49. The Bertz CT molecular complexity index is 617. The van der Waals surface area contributed by atoms with Crippen LogP contribution in [0.2, 0.25) is 0 Å². The van der Waals surface area contributed by atoms with Gasteiger partial charge in [-0.15, -0.1) is 0 Å². The zero-order valence-corrected chi connectivity index (χ0v) is 11.8. The molecule has 1 aromatic heterocycles. The number of rotatable bonds is 4. The summed E-state index contributed by atoms with van der Waals surface area (Å²) in [5.41, 5.74) is 1.81. The van der Waals surface area contributed by atoms with Crippen LogP contribution in [-0.2, 0) is 21.7 Å². The lowest BCUT2D eigenvalue weighted by molar-refractivity contribution is -0.150. The molecule has 5 heteroatoms. The van der Waals surface area contributed by atoms with Crippen molar-refractivity contribution in [3.05, 3.63) is 42.2 Å². The third-order valence-corrected chi connectivity index (χ3v) is 3.28. The molecule has 0 spiro atoms. The van der Waals surface area contributed by atoms with E-state index in [0.29, 0.717) is 0 Å². The molecule has 1 heterocycles. The van der Waals surface area contributed by atoms with Crippen molar-refractivity contribution in [1.29, 1.82) is 0 Å². The summed E-state index contributed by atoms with van der Waals surface area (Å²) in [7, 11) is 1.36. The van der Waals surface area contributed by atoms with E-state index in [1.165, 1.54) is 7.11 Å². The van der Waals surface area contributed by atoms with Crippen molar-refractivity contribution in [1.82, 2.24) is 9.78 Å². The van der Waals surface area contributed by atoms with Crippen LogP contribution in [-0.4, -0.2) is 28.0 Å². The summed E-state index contributed by atoms with van der Waals surface area (Å²) in [5.74, 6) is -0.351. The summed E-state index contributed by atoms with van der Waals surface area (Å²) in [5, 5.41) is 13.4. The Balaban J connectivity index is 2.35. The van der Waals surface area contributed by atoms with E-state index < -0.39 is 5.54 Å². The zero-order valence-electron chi connectivity index (χ0n) is 11.8. The van der Waals surface area contributed by atoms with Crippen LogP contribution in [0.5, 0.6) is 0 Å². The number of aliphatic hydroxyl groups excluding tert-OH is 1. The second-order valence-corrected chi connectivity index (χ2v) is 5.08. The highest BCUT2D eigenvalue weighted by Gasteiger charge is 2.31. The second kappa shape index (κ2) is 5.46. The zero-order chi connectivity index (χ0) is 14.8. The fraction of sp³-hybridized carbons (Fsp3) is 0.333. The molecule has 106 valence electrons. The minimum absolute atomic E-state index is 0.00433. The van der Waals surface area contributed by atoms with Gasteiger partial charge < -0.3 is 9.84 Å². The number of aliphatic hydroxyl groups is 1. The van der Waals surface area contributed by atoms with Gasteiger partial charge in [-0.05, 0) is 31.0 Å². The van der Waals surface area contributed by atoms with Crippen LogP contribution in [0.25, 0.3) is 11.1 Å². The van der Waals surface area contributed by atoms with Gasteiger partial charge in [0.25, 0.3) is 0 Å². The van der Waals surface area contributed by atoms with Crippen LogP contribution >= 0.6 is 0 Å². The summed E-state index contributed by atoms with van der Waals surface area (Å²) in [6, 6.07) is 7.56. The maximum Gasteiger partial charge on any atom is 0.333 e. The Kier molecular flexibility index (Phi) is 3.90. The van der Waals surface area contributed by atoms with Gasteiger partial charge >= 0.3 is 5.97 Å². The average molecular weight is 274 g/mol. The molecule has 0 amide bonds. The Hall–Kier alpha value is -2.14. The largest absolute Gasteiger partial charge is 0.467 e. The van der Waals surface area contributed by atoms with Gasteiger partial charge in [-0.2, -0.15) is 5.10 Å². The number of aromatic nitrogens is 2. The van der Waals surface area contributed by atoms with E-state index in [1.807, 2.05) is 24.3 Å². The minimum atomic E-state index is -0.860. The Labute approximate surface area is 117 Å². The maximum atomic E-state index is 11.8. The first-order chi connectivity index (χ1) is 9.48. The molecule has 2 rings (SSSR count). The second-order valence-electron chi connectivity index (χ2n) is 5.08. The molecule has 1 aromatic carbocycles. The monoisotopic (exact) mass is 274 g/mol. The van der Waals surface area contributed by atoms with Crippen molar-refractivity contribution in [3.8, 4) is 11.1 Å². The normalized spacial score (nSPS) is 11.4. The van der Waals surface area contributed by atoms with E-state index in [0.717, 1.165) is 16.7 Å². The van der Waals surface area contributed by atoms with Crippen molar-refractivity contribution >= 4 is 5.97 Å². The highest BCUT2D eigenvalue weighted by Crippen LogP contribution is 2.23. The van der Waals surface area contributed by atoms with Gasteiger partial charge in [-0.1, -0.05) is 18.2 Å². The van der Waals surface area contributed by atoms with Crippen LogP contribution in [0.4, 0.5) is 0 Å². The highest BCUT2D eigenvalue weighted by atomic mass is 16.5. The number of hydrogen-bond acceptors (Lipinski definition) is 4. The van der Waals surface area contributed by atoms with Crippen molar-refractivity contribution in [3.63, 3.8) is 0 Å². The fourth-order valence-electron chi connectivity index (χ4n) is 1.97. The fourth-order valence-corrected chi connectivity index (χ4v) is 1.97. The predicted molar refractivity (Wildman–Crippen MR) is 74.9 cm³/mol. The number of carbonyl (C=O) groups excluding carboxylic acids is 1. The molecule has 20 heavy (non-hydrogen) atoms. The standard InChI is InChI=1S/C15H18N2O3/c1-15(2,14(19)20-3)17-9-13(8-16-17)12-6-4-5-11(7-12)10-18/h4-9,18H,10H2,1-3H3. The number of hydrogen-bond donors (Lipinski definition) is 1. The van der Waals surface area contributed by atoms with E-state index >= 15 is 0 Å². The molecule has 0 atom stereocenters. The molecule has 0 fully saturated rings. The number of ether oxygens (including phenoxy) is 1. The Morgan fingerprint density at radius 3 is 2.80 bits per heavy atom. The molecule has 0 saturated heterocycles. The first-order valence-electron chi connectivity index (χ1n) is 6.32. The smallest absolute Gasteiger partial charge is 0.333 e. The lowest BCUT2D eigenvalue weighted by Crippen LogP contribution is -2.37. The van der Waals surface area contributed by atoms with Gasteiger partial charge in [-0.3, -0.25) is 4.68 Å². The summed E-state index contributed by atoms with van der Waals surface area (Å²) < 4.78 is 6.37. The first kappa shape index (κ1) is 14.3. The molecule has 2 aromatic rings. The van der Waals surface area contributed by atoms with E-state index in [1.54, 1.807) is 30.9 Å². The van der Waals surface area contributed by atoms with Gasteiger partial charge in [0.2, 0.25) is 0 Å². The van der Waals surface area contributed by atoms with Crippen molar-refractivity contribution < 1.29 is 14.6 Å². The molecule has 1 N–H and O–H groups in total.